The molecule has 0 bridgehead atoms. The van der Waals surface area contributed by atoms with Gasteiger partial charge in [-0.1, -0.05) is 60.7 Å². The fourth-order valence-corrected chi connectivity index (χ4v) is 3.33. The van der Waals surface area contributed by atoms with Crippen molar-refractivity contribution in [1.29, 1.82) is 0 Å². The SMILES string of the molecule is CN(C1=C(CCCOCc2ccccc2)C=Cc2ccccc2O1)S(C)(=O)=O. The number of hydrogen-bond donors (Lipinski definition) is 0. The Morgan fingerprint density at radius 3 is 2.46 bits per heavy atom. The van der Waals surface area contributed by atoms with Crippen LogP contribution in [-0.4, -0.2) is 32.6 Å². The Hall–Kier alpha value is -2.57. The van der Waals surface area contributed by atoms with Crippen LogP contribution in [-0.2, 0) is 21.4 Å². The van der Waals surface area contributed by atoms with Gasteiger partial charge in [-0.25, -0.2) is 12.7 Å². The lowest BCUT2D eigenvalue weighted by Gasteiger charge is -2.22. The Bertz CT molecular complexity index is 965. The summed E-state index contributed by atoms with van der Waals surface area (Å²) in [5.74, 6) is 0.978. The average Bonchev–Trinajstić information content (AvgIpc) is 2.87. The van der Waals surface area contributed by atoms with Crippen molar-refractivity contribution in [3.63, 3.8) is 0 Å². The Morgan fingerprint density at radius 2 is 1.71 bits per heavy atom. The number of rotatable bonds is 8. The van der Waals surface area contributed by atoms with Crippen LogP contribution in [0.2, 0.25) is 0 Å². The molecule has 0 aliphatic carbocycles. The number of nitrogens with zero attached hydrogens (tertiary/aromatic N) is 1. The lowest BCUT2D eigenvalue weighted by molar-refractivity contribution is 0.118. The summed E-state index contributed by atoms with van der Waals surface area (Å²) < 4.78 is 37.1. The van der Waals surface area contributed by atoms with Crippen molar-refractivity contribution in [2.75, 3.05) is 19.9 Å². The molecule has 28 heavy (non-hydrogen) atoms. The molecule has 0 aromatic heterocycles. The van der Waals surface area contributed by atoms with Crippen molar-refractivity contribution >= 4 is 16.1 Å². The van der Waals surface area contributed by atoms with E-state index in [0.717, 1.165) is 23.1 Å². The van der Waals surface area contributed by atoms with E-state index in [1.807, 2.05) is 66.7 Å². The van der Waals surface area contributed by atoms with Gasteiger partial charge in [-0.2, -0.15) is 0 Å². The zero-order valence-corrected chi connectivity index (χ0v) is 17.0. The highest BCUT2D eigenvalue weighted by Crippen LogP contribution is 2.30. The second kappa shape index (κ2) is 9.08. The van der Waals surface area contributed by atoms with Crippen LogP contribution in [0, 0.1) is 0 Å². The molecule has 0 amide bonds. The van der Waals surface area contributed by atoms with Gasteiger partial charge < -0.3 is 9.47 Å². The van der Waals surface area contributed by atoms with Gasteiger partial charge >= 0.3 is 0 Å². The fraction of sp³-hybridized carbons (Fsp3) is 0.273. The summed E-state index contributed by atoms with van der Waals surface area (Å²) in [5, 5.41) is 0. The first-order valence-electron chi connectivity index (χ1n) is 9.19. The predicted octanol–water partition coefficient (Wildman–Crippen LogP) is 4.19. The zero-order valence-electron chi connectivity index (χ0n) is 16.2. The second-order valence-corrected chi connectivity index (χ2v) is 8.69. The molecule has 148 valence electrons. The van der Waals surface area contributed by atoms with Gasteiger partial charge in [0.1, 0.15) is 5.75 Å². The minimum Gasteiger partial charge on any atom is -0.439 e. The van der Waals surface area contributed by atoms with E-state index in [-0.39, 0.29) is 0 Å². The van der Waals surface area contributed by atoms with Crippen LogP contribution >= 0.6 is 0 Å². The van der Waals surface area contributed by atoms with E-state index < -0.39 is 10.0 Å². The van der Waals surface area contributed by atoms with Gasteiger partial charge in [0, 0.05) is 24.8 Å². The summed E-state index contributed by atoms with van der Waals surface area (Å²) in [4.78, 5) is 0. The lowest BCUT2D eigenvalue weighted by atomic mass is 10.1. The molecule has 0 unspecified atom stereocenters. The normalized spacial score (nSPS) is 13.6. The van der Waals surface area contributed by atoms with Crippen molar-refractivity contribution in [3.8, 4) is 5.75 Å². The summed E-state index contributed by atoms with van der Waals surface area (Å²) >= 11 is 0. The molecule has 3 rings (SSSR count). The molecule has 0 radical (unpaired) electrons. The topological polar surface area (TPSA) is 55.8 Å². The Kier molecular flexibility index (Phi) is 6.54. The number of hydrogen-bond acceptors (Lipinski definition) is 4. The molecular formula is C22H25NO4S. The average molecular weight is 400 g/mol. The van der Waals surface area contributed by atoms with Crippen molar-refractivity contribution in [1.82, 2.24) is 4.31 Å². The monoisotopic (exact) mass is 399 g/mol. The maximum absolute atomic E-state index is 12.1. The lowest BCUT2D eigenvalue weighted by Crippen LogP contribution is -2.29. The van der Waals surface area contributed by atoms with E-state index >= 15 is 0 Å². The Balaban J connectivity index is 1.70. The van der Waals surface area contributed by atoms with Crippen LogP contribution in [0.1, 0.15) is 24.0 Å². The molecule has 0 spiro atoms. The number of fused-ring (bicyclic) bond motifs is 1. The van der Waals surface area contributed by atoms with Crippen LogP contribution < -0.4 is 4.74 Å². The molecule has 0 fully saturated rings. The summed E-state index contributed by atoms with van der Waals surface area (Å²) in [7, 11) is -1.93. The quantitative estimate of drug-likeness (QED) is 0.625. The molecule has 1 aliphatic heterocycles. The van der Waals surface area contributed by atoms with Gasteiger partial charge in [-0.3, -0.25) is 0 Å². The first-order valence-corrected chi connectivity index (χ1v) is 11.0. The minimum atomic E-state index is -3.44. The molecule has 0 saturated carbocycles. The molecule has 0 saturated heterocycles. The second-order valence-electron chi connectivity index (χ2n) is 6.68. The van der Waals surface area contributed by atoms with E-state index in [1.165, 1.54) is 17.6 Å². The van der Waals surface area contributed by atoms with Gasteiger partial charge in [-0.15, -0.1) is 0 Å². The van der Waals surface area contributed by atoms with Crippen LogP contribution in [0.15, 0.2) is 72.1 Å². The highest BCUT2D eigenvalue weighted by Gasteiger charge is 2.22. The third kappa shape index (κ3) is 5.24. The molecule has 6 heteroatoms. The minimum absolute atomic E-state index is 0.340. The number of para-hydroxylation sites is 1. The van der Waals surface area contributed by atoms with Crippen LogP contribution in [0.3, 0.4) is 0 Å². The van der Waals surface area contributed by atoms with Gasteiger partial charge in [0.05, 0.1) is 12.9 Å². The first-order chi connectivity index (χ1) is 13.4. The number of sulfonamides is 1. The smallest absolute Gasteiger partial charge is 0.234 e. The van der Waals surface area contributed by atoms with Gasteiger partial charge in [-0.05, 0) is 24.5 Å². The Morgan fingerprint density at radius 1 is 1.00 bits per heavy atom. The van der Waals surface area contributed by atoms with Gasteiger partial charge in [0.2, 0.25) is 15.9 Å². The van der Waals surface area contributed by atoms with E-state index in [4.69, 9.17) is 9.47 Å². The van der Waals surface area contributed by atoms with E-state index in [9.17, 15) is 8.42 Å². The summed E-state index contributed by atoms with van der Waals surface area (Å²) in [6.07, 6.45) is 6.46. The summed E-state index contributed by atoms with van der Waals surface area (Å²) in [6.45, 7) is 1.14. The highest BCUT2D eigenvalue weighted by molar-refractivity contribution is 7.88. The zero-order chi connectivity index (χ0) is 20.0. The van der Waals surface area contributed by atoms with E-state index in [2.05, 4.69) is 0 Å². The van der Waals surface area contributed by atoms with Crippen molar-refractivity contribution in [2.45, 2.75) is 19.4 Å². The molecular weight excluding hydrogens is 374 g/mol. The largest absolute Gasteiger partial charge is 0.439 e. The molecule has 1 aliphatic rings. The first kappa shape index (κ1) is 20.2. The predicted molar refractivity (Wildman–Crippen MR) is 111 cm³/mol. The third-order valence-corrected chi connectivity index (χ3v) is 5.65. The highest BCUT2D eigenvalue weighted by atomic mass is 32.2. The molecule has 5 nitrogen and oxygen atoms in total. The van der Waals surface area contributed by atoms with Gasteiger partial charge in [0.15, 0.2) is 0 Å². The molecule has 0 atom stereocenters. The molecule has 2 aromatic rings. The van der Waals surface area contributed by atoms with E-state index in [0.29, 0.717) is 31.3 Å². The van der Waals surface area contributed by atoms with Crippen molar-refractivity contribution < 1.29 is 17.9 Å². The number of allylic oxidation sites excluding steroid dienone is 2. The maximum Gasteiger partial charge on any atom is 0.234 e. The summed E-state index contributed by atoms with van der Waals surface area (Å²) in [6, 6.07) is 17.6. The van der Waals surface area contributed by atoms with Crippen LogP contribution in [0.5, 0.6) is 5.75 Å². The third-order valence-electron chi connectivity index (χ3n) is 4.49. The standard InChI is InChI=1S/C22H25NO4S/c1-23(28(2,24)25)22-20(15-14-19-11-6-7-13-21(19)27-22)12-8-16-26-17-18-9-4-3-5-10-18/h3-7,9-11,13-15H,8,12,16-17H2,1-2H3. The van der Waals surface area contributed by atoms with Crippen LogP contribution in [0.25, 0.3) is 6.08 Å². The number of ether oxygens (including phenoxy) is 2. The van der Waals surface area contributed by atoms with Crippen LogP contribution in [0.4, 0.5) is 0 Å². The molecule has 2 aromatic carbocycles. The van der Waals surface area contributed by atoms with Crippen molar-refractivity contribution in [3.05, 3.63) is 83.3 Å². The molecule has 1 heterocycles. The van der Waals surface area contributed by atoms with E-state index in [1.54, 1.807) is 0 Å². The van der Waals surface area contributed by atoms with Crippen molar-refractivity contribution in [2.24, 2.45) is 0 Å². The van der Waals surface area contributed by atoms with Gasteiger partial charge in [0.25, 0.3) is 0 Å². The maximum atomic E-state index is 12.1. The Labute approximate surface area is 167 Å². The fourth-order valence-electron chi connectivity index (χ4n) is 2.88. The molecule has 0 N–H and O–H groups in total. The summed E-state index contributed by atoms with van der Waals surface area (Å²) in [5.41, 5.74) is 2.87. The number of benzene rings is 2.